The van der Waals surface area contributed by atoms with Gasteiger partial charge in [0.1, 0.15) is 0 Å². The second kappa shape index (κ2) is 9.08. The summed E-state index contributed by atoms with van der Waals surface area (Å²) in [4.78, 5) is 16.7. The van der Waals surface area contributed by atoms with E-state index in [1.54, 1.807) is 18.3 Å². The van der Waals surface area contributed by atoms with Gasteiger partial charge >= 0.3 is 0 Å². The van der Waals surface area contributed by atoms with Crippen molar-refractivity contribution in [3.63, 3.8) is 0 Å². The average Bonchev–Trinajstić information content (AvgIpc) is 2.54. The Hall–Kier alpha value is -1.33. The molecule has 0 bridgehead atoms. The lowest BCUT2D eigenvalue weighted by atomic mass is 10.1. The fourth-order valence-corrected chi connectivity index (χ4v) is 2.66. The Morgan fingerprint density at radius 3 is 2.87 bits per heavy atom. The van der Waals surface area contributed by atoms with E-state index in [0.29, 0.717) is 22.6 Å². The molecule has 23 heavy (non-hydrogen) atoms. The number of carbonyl (C=O) groups is 1. The molecule has 4 nitrogen and oxygen atoms in total. The smallest absolute Gasteiger partial charge is 0.253 e. The topological polar surface area (TPSA) is 54.0 Å². The van der Waals surface area contributed by atoms with Crippen LogP contribution >= 0.6 is 36.4 Å². The van der Waals surface area contributed by atoms with Gasteiger partial charge in [0.05, 0.1) is 16.1 Å². The number of nitrogens with zero attached hydrogens (tertiary/aromatic N) is 1. The van der Waals surface area contributed by atoms with E-state index < -0.39 is 0 Å². The minimum atomic E-state index is -0.116. The normalized spacial score (nSPS) is 13.5. The van der Waals surface area contributed by atoms with Crippen molar-refractivity contribution < 1.29 is 4.79 Å². The molecule has 0 fully saturated rings. The molecule has 1 aromatic carbocycles. The van der Waals surface area contributed by atoms with Crippen molar-refractivity contribution in [2.45, 2.75) is 6.42 Å². The molecule has 2 N–H and O–H groups in total. The lowest BCUT2D eigenvalue weighted by molar-refractivity contribution is 0.0958. The predicted octanol–water partition coefficient (Wildman–Crippen LogP) is 3.38. The molecule has 1 aromatic heterocycles. The zero-order chi connectivity index (χ0) is 14.7. The van der Waals surface area contributed by atoms with Crippen LogP contribution in [0.25, 0.3) is 10.9 Å². The summed E-state index contributed by atoms with van der Waals surface area (Å²) in [7, 11) is 0. The molecule has 3 rings (SSSR count). The molecule has 0 unspecified atom stereocenters. The Kier molecular flexibility index (Phi) is 7.79. The molecule has 1 aliphatic heterocycles. The third-order valence-corrected chi connectivity index (χ3v) is 3.92. The first kappa shape index (κ1) is 19.7. The molecule has 7 heteroatoms. The minimum Gasteiger partial charge on any atom is -0.348 e. The van der Waals surface area contributed by atoms with Crippen molar-refractivity contribution >= 4 is 53.2 Å². The molecule has 0 atom stereocenters. The predicted molar refractivity (Wildman–Crippen MR) is 99.2 cm³/mol. The van der Waals surface area contributed by atoms with E-state index in [0.717, 1.165) is 24.9 Å². The summed E-state index contributed by atoms with van der Waals surface area (Å²) in [6.45, 7) is 2.42. The quantitative estimate of drug-likeness (QED) is 0.810. The number of nitrogens with one attached hydrogen (secondary N) is 2. The first-order valence-corrected chi connectivity index (χ1v) is 7.33. The second-order valence-corrected chi connectivity index (χ2v) is 5.40. The van der Waals surface area contributed by atoms with Crippen LogP contribution in [0.3, 0.4) is 0 Å². The maximum absolute atomic E-state index is 12.4. The van der Waals surface area contributed by atoms with Crippen LogP contribution < -0.4 is 10.6 Å². The van der Waals surface area contributed by atoms with Crippen molar-refractivity contribution in [1.82, 2.24) is 15.6 Å². The number of amides is 1. The Morgan fingerprint density at radius 1 is 1.30 bits per heavy atom. The average molecular weight is 375 g/mol. The molecule has 1 aliphatic rings. The van der Waals surface area contributed by atoms with E-state index in [1.807, 2.05) is 12.1 Å². The molecule has 2 heterocycles. The van der Waals surface area contributed by atoms with E-state index in [-0.39, 0.29) is 30.7 Å². The van der Waals surface area contributed by atoms with Gasteiger partial charge in [-0.15, -0.1) is 24.8 Å². The number of carbonyl (C=O) groups excluding carboxylic acids is 1. The first-order chi connectivity index (χ1) is 10.3. The summed E-state index contributed by atoms with van der Waals surface area (Å²) in [5.74, 6) is -0.116. The number of hydrogen-bond donors (Lipinski definition) is 2. The van der Waals surface area contributed by atoms with E-state index in [9.17, 15) is 4.79 Å². The highest BCUT2D eigenvalue weighted by molar-refractivity contribution is 6.36. The van der Waals surface area contributed by atoms with Crippen LogP contribution in [0.15, 0.2) is 42.1 Å². The summed E-state index contributed by atoms with van der Waals surface area (Å²) >= 11 is 6.14. The zero-order valence-electron chi connectivity index (χ0n) is 12.3. The number of rotatable bonds is 3. The molecule has 0 spiro atoms. The highest BCUT2D eigenvalue weighted by atomic mass is 35.5. The molecule has 0 saturated heterocycles. The molecular weight excluding hydrogens is 357 g/mol. The van der Waals surface area contributed by atoms with Gasteiger partial charge in [-0.2, -0.15) is 0 Å². The largest absolute Gasteiger partial charge is 0.348 e. The summed E-state index contributed by atoms with van der Waals surface area (Å²) in [6, 6.07) is 7.15. The van der Waals surface area contributed by atoms with E-state index >= 15 is 0 Å². The number of hydrogen-bond acceptors (Lipinski definition) is 3. The maximum Gasteiger partial charge on any atom is 0.253 e. The summed E-state index contributed by atoms with van der Waals surface area (Å²) in [6.07, 6.45) is 4.77. The van der Waals surface area contributed by atoms with Crippen molar-refractivity contribution in [2.24, 2.45) is 0 Å². The third-order valence-electron chi connectivity index (χ3n) is 3.60. The Balaban J connectivity index is 0.00000132. The van der Waals surface area contributed by atoms with Crippen LogP contribution in [0.2, 0.25) is 5.02 Å². The fraction of sp³-hybridized carbons (Fsp3) is 0.250. The highest BCUT2D eigenvalue weighted by Crippen LogP contribution is 2.24. The maximum atomic E-state index is 12.4. The van der Waals surface area contributed by atoms with Crippen LogP contribution in [-0.2, 0) is 0 Å². The Bertz CT molecular complexity index is 719. The van der Waals surface area contributed by atoms with Gasteiger partial charge in [-0.05, 0) is 37.2 Å². The standard InChI is InChI=1S/C16H16ClN3O.2ClH/c17-14-4-3-13(15-12(14)2-1-7-19-15)16(21)20-10-11-5-8-18-9-6-11;;/h1-5,7,18H,6,8-10H2,(H,20,21);2*1H. The first-order valence-electron chi connectivity index (χ1n) is 6.96. The van der Waals surface area contributed by atoms with Crippen LogP contribution in [0.4, 0.5) is 0 Å². The molecular formula is C16H18Cl3N3O. The van der Waals surface area contributed by atoms with Gasteiger partial charge < -0.3 is 10.6 Å². The van der Waals surface area contributed by atoms with Crippen LogP contribution in [0, 0.1) is 0 Å². The molecule has 0 aliphatic carbocycles. The second-order valence-electron chi connectivity index (χ2n) is 4.99. The van der Waals surface area contributed by atoms with E-state index in [4.69, 9.17) is 11.6 Å². The molecule has 124 valence electrons. The lowest BCUT2D eigenvalue weighted by Crippen LogP contribution is -2.29. The minimum absolute atomic E-state index is 0. The van der Waals surface area contributed by atoms with Crippen LogP contribution in [0.1, 0.15) is 16.8 Å². The number of fused-ring (bicyclic) bond motifs is 1. The molecule has 2 aromatic rings. The Labute approximate surface area is 152 Å². The third kappa shape index (κ3) is 4.58. The van der Waals surface area contributed by atoms with Crippen molar-refractivity contribution in [2.75, 3.05) is 19.6 Å². The van der Waals surface area contributed by atoms with Gasteiger partial charge in [0.2, 0.25) is 0 Å². The van der Waals surface area contributed by atoms with Gasteiger partial charge in [0.25, 0.3) is 5.91 Å². The summed E-state index contributed by atoms with van der Waals surface area (Å²) in [5.41, 5.74) is 2.46. The molecule has 0 saturated carbocycles. The van der Waals surface area contributed by atoms with Gasteiger partial charge in [-0.25, -0.2) is 0 Å². The number of aromatic nitrogens is 1. The van der Waals surface area contributed by atoms with Gasteiger partial charge in [0.15, 0.2) is 0 Å². The van der Waals surface area contributed by atoms with Crippen molar-refractivity contribution in [3.8, 4) is 0 Å². The van der Waals surface area contributed by atoms with Gasteiger partial charge in [0, 0.05) is 24.7 Å². The van der Waals surface area contributed by atoms with E-state index in [2.05, 4.69) is 21.7 Å². The number of pyridine rings is 1. The van der Waals surface area contributed by atoms with Crippen LogP contribution in [-0.4, -0.2) is 30.5 Å². The molecule has 1 amide bonds. The fourth-order valence-electron chi connectivity index (χ4n) is 2.44. The highest BCUT2D eigenvalue weighted by Gasteiger charge is 2.13. The Morgan fingerprint density at radius 2 is 2.13 bits per heavy atom. The van der Waals surface area contributed by atoms with E-state index in [1.165, 1.54) is 5.57 Å². The summed E-state index contributed by atoms with van der Waals surface area (Å²) in [5, 5.41) is 7.62. The van der Waals surface area contributed by atoms with Crippen molar-refractivity contribution in [1.29, 1.82) is 0 Å². The SMILES string of the molecule is Cl.Cl.O=C(NCC1=CCNCC1)c1ccc(Cl)c2cccnc12. The number of halogens is 3. The number of benzene rings is 1. The van der Waals surface area contributed by atoms with Crippen LogP contribution in [0.5, 0.6) is 0 Å². The van der Waals surface area contributed by atoms with Gasteiger partial charge in [-0.1, -0.05) is 23.3 Å². The van der Waals surface area contributed by atoms with Gasteiger partial charge in [-0.3, -0.25) is 9.78 Å². The summed E-state index contributed by atoms with van der Waals surface area (Å²) < 4.78 is 0. The van der Waals surface area contributed by atoms with Crippen molar-refractivity contribution in [3.05, 3.63) is 52.7 Å². The lowest BCUT2D eigenvalue weighted by Gasteiger charge is -2.15. The monoisotopic (exact) mass is 373 g/mol. The zero-order valence-corrected chi connectivity index (χ0v) is 14.7. The molecule has 0 radical (unpaired) electrons.